The van der Waals surface area contributed by atoms with Gasteiger partial charge in [-0.05, 0) is 43.4 Å². The number of ether oxygens (including phenoxy) is 1. The first-order valence-corrected chi connectivity index (χ1v) is 8.64. The molecule has 0 spiro atoms. The van der Waals surface area contributed by atoms with Crippen LogP contribution in [0, 0.1) is 6.92 Å². The number of aryl methyl sites for hydroxylation is 1. The predicted octanol–water partition coefficient (Wildman–Crippen LogP) is 3.77. The van der Waals surface area contributed by atoms with Gasteiger partial charge in [-0.2, -0.15) is 4.98 Å². The number of aromatic nitrogens is 2. The van der Waals surface area contributed by atoms with Crippen molar-refractivity contribution in [3.63, 3.8) is 0 Å². The third-order valence-corrected chi connectivity index (χ3v) is 4.22. The molecular weight excluding hydrogens is 445 g/mol. The van der Waals surface area contributed by atoms with E-state index < -0.39 is 0 Å². The summed E-state index contributed by atoms with van der Waals surface area (Å²) in [6, 6.07) is 8.19. The van der Waals surface area contributed by atoms with E-state index in [9.17, 15) is 0 Å². The van der Waals surface area contributed by atoms with Crippen molar-refractivity contribution in [2.75, 3.05) is 11.9 Å². The van der Waals surface area contributed by atoms with Crippen LogP contribution in [-0.2, 0) is 4.74 Å². The fourth-order valence-corrected chi connectivity index (χ4v) is 2.83. The Morgan fingerprint density at radius 3 is 2.88 bits per heavy atom. The average Bonchev–Trinajstić information content (AvgIpc) is 3.22. The molecule has 0 unspecified atom stereocenters. The largest absolute Gasteiger partial charge is 0.370 e. The van der Waals surface area contributed by atoms with E-state index in [0.717, 1.165) is 18.5 Å². The molecule has 1 aliphatic heterocycles. The molecule has 1 fully saturated rings. The number of hydrogen-bond donors (Lipinski definition) is 2. The van der Waals surface area contributed by atoms with Crippen molar-refractivity contribution in [3.05, 3.63) is 41.5 Å². The first-order valence-electron chi connectivity index (χ1n) is 8.64. The van der Waals surface area contributed by atoms with Gasteiger partial charge in [0.2, 0.25) is 0 Å². The smallest absolute Gasteiger partial charge is 0.255 e. The van der Waals surface area contributed by atoms with E-state index in [1.165, 1.54) is 5.56 Å². The number of halogens is 1. The Bertz CT molecular complexity index is 747. The van der Waals surface area contributed by atoms with E-state index in [-0.39, 0.29) is 36.2 Å². The van der Waals surface area contributed by atoms with Gasteiger partial charge in [-0.1, -0.05) is 31.1 Å². The highest BCUT2D eigenvalue weighted by molar-refractivity contribution is 14.0. The van der Waals surface area contributed by atoms with Gasteiger partial charge in [-0.15, -0.1) is 24.0 Å². The lowest BCUT2D eigenvalue weighted by Gasteiger charge is -2.11. The number of anilines is 1. The monoisotopic (exact) mass is 471 g/mol. The summed E-state index contributed by atoms with van der Waals surface area (Å²) in [4.78, 5) is 8.63. The van der Waals surface area contributed by atoms with Gasteiger partial charge in [0.05, 0.1) is 12.6 Å². The average molecular weight is 471 g/mol. The van der Waals surface area contributed by atoms with Gasteiger partial charge in [-0.3, -0.25) is 4.99 Å². The van der Waals surface area contributed by atoms with Gasteiger partial charge in [0.25, 0.3) is 5.89 Å². The first-order chi connectivity index (χ1) is 12.0. The molecule has 3 N–H and O–H groups in total. The Morgan fingerprint density at radius 2 is 2.19 bits per heavy atom. The van der Waals surface area contributed by atoms with Crippen LogP contribution in [0.3, 0.4) is 0 Å². The maximum absolute atomic E-state index is 6.00. The molecule has 0 amide bonds. The molecule has 0 radical (unpaired) electrons. The minimum atomic E-state index is -0.140. The quantitative estimate of drug-likeness (QED) is 0.392. The Kier molecular flexibility index (Phi) is 7.39. The van der Waals surface area contributed by atoms with Crippen LogP contribution < -0.4 is 11.1 Å². The van der Waals surface area contributed by atoms with Crippen molar-refractivity contribution in [3.8, 4) is 0 Å². The van der Waals surface area contributed by atoms with Crippen LogP contribution in [0.5, 0.6) is 0 Å². The molecule has 2 aromatic rings. The van der Waals surface area contributed by atoms with Crippen molar-refractivity contribution in [1.29, 1.82) is 0 Å². The standard InChI is InChI=1S/C18H25N5O2.HI/c1-11(2)13-5-4-6-14(9-13)22-18(19)20-10-15-7-8-16(24-15)17-21-12(3)23-25-17;/h4-6,9,11,15-16H,7-8,10H2,1-3H3,(H3,19,20,22);1H/t15-,16+;/m1./s1. The van der Waals surface area contributed by atoms with E-state index in [4.69, 9.17) is 15.0 Å². The molecule has 2 atom stereocenters. The van der Waals surface area contributed by atoms with Crippen LogP contribution in [0.15, 0.2) is 33.8 Å². The lowest BCUT2D eigenvalue weighted by molar-refractivity contribution is 0.0309. The number of nitrogens with two attached hydrogens (primary N) is 1. The molecule has 1 aromatic heterocycles. The van der Waals surface area contributed by atoms with E-state index in [0.29, 0.717) is 30.1 Å². The fraction of sp³-hybridized carbons (Fsp3) is 0.500. The summed E-state index contributed by atoms with van der Waals surface area (Å²) in [6.07, 6.45) is 1.62. The van der Waals surface area contributed by atoms with Crippen LogP contribution in [-0.4, -0.2) is 28.7 Å². The highest BCUT2D eigenvalue weighted by atomic mass is 127. The molecule has 0 bridgehead atoms. The zero-order valence-electron chi connectivity index (χ0n) is 15.3. The number of nitrogens with zero attached hydrogens (tertiary/aromatic N) is 3. The number of guanidine groups is 1. The number of rotatable bonds is 5. The summed E-state index contributed by atoms with van der Waals surface area (Å²) >= 11 is 0. The third kappa shape index (κ3) is 5.41. The van der Waals surface area contributed by atoms with E-state index in [1.54, 1.807) is 6.92 Å². The molecule has 3 rings (SSSR count). The second-order valence-corrected chi connectivity index (χ2v) is 6.64. The van der Waals surface area contributed by atoms with E-state index in [2.05, 4.69) is 46.4 Å². The summed E-state index contributed by atoms with van der Waals surface area (Å²) in [5, 5.41) is 6.94. The van der Waals surface area contributed by atoms with Crippen molar-refractivity contribution in [2.45, 2.75) is 51.7 Å². The van der Waals surface area contributed by atoms with Crippen molar-refractivity contribution in [1.82, 2.24) is 10.1 Å². The van der Waals surface area contributed by atoms with E-state index in [1.807, 2.05) is 12.1 Å². The number of hydrogen-bond acceptors (Lipinski definition) is 5. The van der Waals surface area contributed by atoms with Crippen LogP contribution in [0.2, 0.25) is 0 Å². The maximum atomic E-state index is 6.00. The fourth-order valence-electron chi connectivity index (χ4n) is 2.83. The molecule has 1 saturated heterocycles. The molecule has 1 aliphatic rings. The Hall–Kier alpha value is -1.68. The minimum absolute atomic E-state index is 0. The van der Waals surface area contributed by atoms with Gasteiger partial charge < -0.3 is 20.3 Å². The molecule has 0 aliphatic carbocycles. The summed E-state index contributed by atoms with van der Waals surface area (Å²) < 4.78 is 11.1. The second kappa shape index (κ2) is 9.31. The SMILES string of the molecule is Cc1noc([C@@H]2CC[C@H](CN=C(N)Nc3cccc(C(C)C)c3)O2)n1.I. The first kappa shape index (κ1) is 20.6. The minimum Gasteiger partial charge on any atom is -0.370 e. The Labute approximate surface area is 170 Å². The lowest BCUT2D eigenvalue weighted by Crippen LogP contribution is -2.24. The molecule has 8 heteroatoms. The predicted molar refractivity (Wildman–Crippen MR) is 112 cm³/mol. The van der Waals surface area contributed by atoms with Crippen molar-refractivity contribution < 1.29 is 9.26 Å². The molecular formula is C18H26IN5O2. The zero-order valence-corrected chi connectivity index (χ0v) is 17.6. The highest BCUT2D eigenvalue weighted by Gasteiger charge is 2.30. The van der Waals surface area contributed by atoms with Crippen LogP contribution in [0.1, 0.15) is 56.0 Å². The van der Waals surface area contributed by atoms with Crippen molar-refractivity contribution >= 4 is 35.6 Å². The molecule has 7 nitrogen and oxygen atoms in total. The van der Waals surface area contributed by atoms with Gasteiger partial charge in [0.15, 0.2) is 11.8 Å². The Morgan fingerprint density at radius 1 is 1.38 bits per heavy atom. The zero-order chi connectivity index (χ0) is 17.8. The van der Waals surface area contributed by atoms with Gasteiger partial charge in [0, 0.05) is 5.69 Å². The molecule has 1 aromatic carbocycles. The summed E-state index contributed by atoms with van der Waals surface area (Å²) in [7, 11) is 0. The number of benzene rings is 1. The van der Waals surface area contributed by atoms with Gasteiger partial charge >= 0.3 is 0 Å². The molecule has 2 heterocycles. The number of nitrogens with one attached hydrogen (secondary N) is 1. The molecule has 26 heavy (non-hydrogen) atoms. The summed E-state index contributed by atoms with van der Waals surface area (Å²) in [6.45, 7) is 6.63. The normalized spacial score (nSPS) is 20.2. The van der Waals surface area contributed by atoms with Gasteiger partial charge in [-0.25, -0.2) is 0 Å². The van der Waals surface area contributed by atoms with Crippen molar-refractivity contribution in [2.24, 2.45) is 10.7 Å². The highest BCUT2D eigenvalue weighted by Crippen LogP contribution is 2.31. The number of aliphatic imine (C=N–C) groups is 1. The summed E-state index contributed by atoms with van der Waals surface area (Å²) in [5.41, 5.74) is 8.20. The second-order valence-electron chi connectivity index (χ2n) is 6.64. The van der Waals surface area contributed by atoms with Crippen LogP contribution >= 0.6 is 24.0 Å². The van der Waals surface area contributed by atoms with Gasteiger partial charge in [0.1, 0.15) is 6.10 Å². The third-order valence-electron chi connectivity index (χ3n) is 4.22. The molecule has 0 saturated carbocycles. The topological polar surface area (TPSA) is 98.6 Å². The van der Waals surface area contributed by atoms with Crippen LogP contribution in [0.25, 0.3) is 0 Å². The lowest BCUT2D eigenvalue weighted by atomic mass is 10.0. The summed E-state index contributed by atoms with van der Waals surface area (Å²) in [5.74, 6) is 2.02. The Balaban J connectivity index is 0.00000243. The van der Waals surface area contributed by atoms with E-state index >= 15 is 0 Å². The molecule has 142 valence electrons. The van der Waals surface area contributed by atoms with Crippen LogP contribution in [0.4, 0.5) is 5.69 Å². The maximum Gasteiger partial charge on any atom is 0.255 e.